The van der Waals surface area contributed by atoms with Gasteiger partial charge in [0.25, 0.3) is 5.91 Å². The Kier molecular flexibility index (Phi) is 4.50. The SMILES string of the molecule is O=C(C[C@@H]1CC2(CCN(C(=O)c3ccsc3)CC2)c2ccccc21)NC1CC1. The fraction of sp³-hybridized carbons (Fsp3) is 0.478. The number of carbonyl (C=O) groups excluding carboxylic acids is 2. The predicted octanol–water partition coefficient (Wildman–Crippen LogP) is 4.08. The zero-order chi connectivity index (χ0) is 19.1. The van der Waals surface area contributed by atoms with E-state index in [-0.39, 0.29) is 17.2 Å². The molecule has 2 fully saturated rings. The molecule has 1 saturated carbocycles. The van der Waals surface area contributed by atoms with Gasteiger partial charge in [0.15, 0.2) is 0 Å². The second-order valence-corrected chi connectivity index (χ2v) is 9.40. The van der Waals surface area contributed by atoms with Crippen LogP contribution in [-0.4, -0.2) is 35.8 Å². The fourth-order valence-electron chi connectivity index (χ4n) is 5.13. The maximum atomic E-state index is 12.7. The van der Waals surface area contributed by atoms with Gasteiger partial charge in [-0.15, -0.1) is 0 Å². The maximum Gasteiger partial charge on any atom is 0.254 e. The van der Waals surface area contributed by atoms with Crippen LogP contribution in [0.3, 0.4) is 0 Å². The number of rotatable bonds is 4. The Morgan fingerprint density at radius 3 is 2.64 bits per heavy atom. The van der Waals surface area contributed by atoms with Crippen LogP contribution in [0.4, 0.5) is 0 Å². The standard InChI is InChI=1S/C23H26N2O2S/c26-21(24-18-5-6-18)13-17-14-23(20-4-2-1-3-19(17)20)8-10-25(11-9-23)22(27)16-7-12-28-15-16/h1-4,7,12,15,17-18H,5-6,8-11,13-14H2,(H,24,26)/t17-/m1/s1. The number of nitrogens with one attached hydrogen (secondary N) is 1. The summed E-state index contributed by atoms with van der Waals surface area (Å²) in [7, 11) is 0. The zero-order valence-corrected chi connectivity index (χ0v) is 16.8. The van der Waals surface area contributed by atoms with Crippen molar-refractivity contribution < 1.29 is 9.59 Å². The molecule has 5 heteroatoms. The number of likely N-dealkylation sites (tertiary alicyclic amines) is 1. The maximum absolute atomic E-state index is 12.7. The van der Waals surface area contributed by atoms with Crippen molar-refractivity contribution in [2.24, 2.45) is 0 Å². The third-order valence-corrected chi connectivity index (χ3v) is 7.44. The number of amides is 2. The minimum absolute atomic E-state index is 0.118. The molecule has 1 saturated heterocycles. The average molecular weight is 395 g/mol. The van der Waals surface area contributed by atoms with Gasteiger partial charge in [0.2, 0.25) is 5.91 Å². The van der Waals surface area contributed by atoms with Gasteiger partial charge in [-0.3, -0.25) is 9.59 Å². The lowest BCUT2D eigenvalue weighted by Gasteiger charge is -2.40. The second-order valence-electron chi connectivity index (χ2n) is 8.62. The zero-order valence-electron chi connectivity index (χ0n) is 16.0. The summed E-state index contributed by atoms with van der Waals surface area (Å²) >= 11 is 1.57. The number of thiophene rings is 1. The Morgan fingerprint density at radius 2 is 1.93 bits per heavy atom. The van der Waals surface area contributed by atoms with Crippen LogP contribution >= 0.6 is 11.3 Å². The van der Waals surface area contributed by atoms with Gasteiger partial charge in [0.05, 0.1) is 5.56 Å². The molecule has 0 radical (unpaired) electrons. The lowest BCUT2D eigenvalue weighted by Crippen LogP contribution is -2.44. The molecule has 2 aromatic rings. The van der Waals surface area contributed by atoms with Crippen molar-refractivity contribution in [2.75, 3.05) is 13.1 Å². The van der Waals surface area contributed by atoms with E-state index in [0.29, 0.717) is 18.4 Å². The van der Waals surface area contributed by atoms with Gasteiger partial charge in [-0.2, -0.15) is 11.3 Å². The number of benzene rings is 1. The third-order valence-electron chi connectivity index (χ3n) is 6.76. The summed E-state index contributed by atoms with van der Waals surface area (Å²) in [5.74, 6) is 0.654. The number of fused-ring (bicyclic) bond motifs is 2. The van der Waals surface area contributed by atoms with E-state index in [1.807, 2.05) is 21.7 Å². The van der Waals surface area contributed by atoms with Gasteiger partial charge in [-0.25, -0.2) is 0 Å². The van der Waals surface area contributed by atoms with Gasteiger partial charge in [-0.1, -0.05) is 24.3 Å². The molecule has 28 heavy (non-hydrogen) atoms. The normalized spacial score (nSPS) is 22.9. The Morgan fingerprint density at radius 1 is 1.14 bits per heavy atom. The molecule has 0 bridgehead atoms. The van der Waals surface area contributed by atoms with E-state index in [9.17, 15) is 9.59 Å². The summed E-state index contributed by atoms with van der Waals surface area (Å²) in [5, 5.41) is 7.05. The summed E-state index contributed by atoms with van der Waals surface area (Å²) in [6.07, 6.45) is 5.86. The summed E-state index contributed by atoms with van der Waals surface area (Å²) in [6.45, 7) is 1.59. The van der Waals surface area contributed by atoms with Gasteiger partial charge < -0.3 is 10.2 Å². The summed E-state index contributed by atoms with van der Waals surface area (Å²) in [4.78, 5) is 27.2. The minimum Gasteiger partial charge on any atom is -0.353 e. The summed E-state index contributed by atoms with van der Waals surface area (Å²) in [5.41, 5.74) is 3.70. The van der Waals surface area contributed by atoms with Crippen LogP contribution in [0.2, 0.25) is 0 Å². The number of hydrogen-bond acceptors (Lipinski definition) is 3. The highest BCUT2D eigenvalue weighted by atomic mass is 32.1. The first kappa shape index (κ1) is 17.9. The lowest BCUT2D eigenvalue weighted by molar-refractivity contribution is -0.121. The van der Waals surface area contributed by atoms with Crippen LogP contribution in [-0.2, 0) is 10.2 Å². The third kappa shape index (κ3) is 3.26. The average Bonchev–Trinajstić information content (AvgIpc) is 3.25. The highest BCUT2D eigenvalue weighted by Gasteiger charge is 2.46. The van der Waals surface area contributed by atoms with E-state index in [1.165, 1.54) is 11.1 Å². The highest BCUT2D eigenvalue weighted by molar-refractivity contribution is 7.08. The summed E-state index contributed by atoms with van der Waals surface area (Å²) in [6, 6.07) is 11.0. The topological polar surface area (TPSA) is 49.4 Å². The molecule has 5 rings (SSSR count). The van der Waals surface area contributed by atoms with Gasteiger partial charge in [0.1, 0.15) is 0 Å². The van der Waals surface area contributed by atoms with Crippen molar-refractivity contribution in [2.45, 2.75) is 55.9 Å². The minimum atomic E-state index is 0.118. The molecule has 3 aliphatic rings. The number of nitrogens with zero attached hydrogens (tertiary/aromatic N) is 1. The molecule has 1 spiro atoms. The van der Waals surface area contributed by atoms with Gasteiger partial charge in [-0.05, 0) is 66.0 Å². The van der Waals surface area contributed by atoms with E-state index >= 15 is 0 Å². The first-order valence-corrected chi connectivity index (χ1v) is 11.3. The van der Waals surface area contributed by atoms with E-state index in [0.717, 1.165) is 50.8 Å². The first-order valence-electron chi connectivity index (χ1n) is 10.3. The number of carbonyl (C=O) groups is 2. The fourth-order valence-corrected chi connectivity index (χ4v) is 5.76. The molecule has 1 N–H and O–H groups in total. The van der Waals surface area contributed by atoms with Crippen molar-refractivity contribution in [1.82, 2.24) is 10.2 Å². The Hall–Kier alpha value is -2.14. The first-order chi connectivity index (χ1) is 13.6. The predicted molar refractivity (Wildman–Crippen MR) is 111 cm³/mol. The monoisotopic (exact) mass is 394 g/mol. The lowest BCUT2D eigenvalue weighted by atomic mass is 9.73. The van der Waals surface area contributed by atoms with Crippen LogP contribution in [0, 0.1) is 0 Å². The van der Waals surface area contributed by atoms with E-state index in [4.69, 9.17) is 0 Å². The van der Waals surface area contributed by atoms with E-state index < -0.39 is 0 Å². The Balaban J connectivity index is 1.31. The Labute approximate surface area is 169 Å². The molecule has 1 aromatic carbocycles. The molecular weight excluding hydrogens is 368 g/mol. The van der Waals surface area contributed by atoms with Crippen molar-refractivity contribution in [3.05, 3.63) is 57.8 Å². The largest absolute Gasteiger partial charge is 0.353 e. The van der Waals surface area contributed by atoms with Crippen LogP contribution in [0.5, 0.6) is 0 Å². The van der Waals surface area contributed by atoms with E-state index in [1.54, 1.807) is 11.3 Å². The summed E-state index contributed by atoms with van der Waals surface area (Å²) < 4.78 is 0. The highest BCUT2D eigenvalue weighted by Crippen LogP contribution is 2.52. The van der Waals surface area contributed by atoms with Crippen LogP contribution in [0.15, 0.2) is 41.1 Å². The van der Waals surface area contributed by atoms with Gasteiger partial charge in [0, 0.05) is 30.9 Å². The van der Waals surface area contributed by atoms with Crippen molar-refractivity contribution in [3.63, 3.8) is 0 Å². The quantitative estimate of drug-likeness (QED) is 0.850. The molecule has 1 atom stereocenters. The Bertz CT molecular complexity index is 880. The molecule has 1 aliphatic heterocycles. The number of piperidine rings is 1. The second kappa shape index (κ2) is 7.03. The molecule has 2 amide bonds. The van der Waals surface area contributed by atoms with Crippen molar-refractivity contribution in [3.8, 4) is 0 Å². The van der Waals surface area contributed by atoms with Crippen LogP contribution < -0.4 is 5.32 Å². The van der Waals surface area contributed by atoms with Crippen LogP contribution in [0.25, 0.3) is 0 Å². The molecule has 1 aromatic heterocycles. The molecule has 2 heterocycles. The molecule has 146 valence electrons. The van der Waals surface area contributed by atoms with Crippen molar-refractivity contribution >= 4 is 23.2 Å². The molecular formula is C23H26N2O2S. The molecule has 2 aliphatic carbocycles. The van der Waals surface area contributed by atoms with Gasteiger partial charge >= 0.3 is 0 Å². The van der Waals surface area contributed by atoms with E-state index in [2.05, 4.69) is 29.6 Å². The number of hydrogen-bond donors (Lipinski definition) is 1. The van der Waals surface area contributed by atoms with Crippen LogP contribution in [0.1, 0.15) is 65.9 Å². The van der Waals surface area contributed by atoms with Crippen molar-refractivity contribution in [1.29, 1.82) is 0 Å². The molecule has 0 unspecified atom stereocenters. The molecule has 4 nitrogen and oxygen atoms in total. The smallest absolute Gasteiger partial charge is 0.254 e.